The number of rotatable bonds is 2. The fraction of sp³-hybridized carbons (Fsp3) is 1.00. The molecule has 0 aromatic rings. The van der Waals surface area contributed by atoms with E-state index in [9.17, 15) is 0 Å². The van der Waals surface area contributed by atoms with Crippen LogP contribution in [0.3, 0.4) is 0 Å². The second-order valence-electron chi connectivity index (χ2n) is 2.04. The van der Waals surface area contributed by atoms with Gasteiger partial charge in [0.05, 0.1) is 13.1 Å². The quantitative estimate of drug-likeness (QED) is 0.260. The van der Waals surface area contributed by atoms with Gasteiger partial charge in [0.15, 0.2) is 0 Å². The Morgan fingerprint density at radius 3 is 1.00 bits per heavy atom. The predicted molar refractivity (Wildman–Crippen MR) is 41.9 cm³/mol. The van der Waals surface area contributed by atoms with E-state index in [1.54, 1.807) is 0 Å². The average Bonchev–Trinajstić information content (AvgIpc) is 1.80. The molecule has 0 aliphatic carbocycles. The molecule has 0 aliphatic rings. The molecule has 0 aromatic heterocycles. The van der Waals surface area contributed by atoms with Crippen LogP contribution in [0.1, 0.15) is 6.42 Å². The minimum absolute atomic E-state index is 1.03. The van der Waals surface area contributed by atoms with Crippen molar-refractivity contribution >= 4 is 29.0 Å². The molecule has 12 heteroatoms. The Hall–Kier alpha value is 0.397. The van der Waals surface area contributed by atoms with Crippen molar-refractivity contribution in [3.8, 4) is 0 Å². The van der Waals surface area contributed by atoms with Gasteiger partial charge in [-0.2, -0.15) is 0 Å². The summed E-state index contributed by atoms with van der Waals surface area (Å²) in [6.45, 7) is 2.06. The van der Waals surface area contributed by atoms with Gasteiger partial charge in [-0.15, -0.1) is 0 Å². The Kier molecular flexibility index (Phi) is 15.1. The monoisotopic (exact) mass is 358 g/mol. The minimum Gasteiger partial charge on any atom is -0.357 e. The van der Waals surface area contributed by atoms with Gasteiger partial charge in [-0.25, -0.2) is 0 Å². The van der Waals surface area contributed by atoms with Crippen LogP contribution in [0.15, 0.2) is 0 Å². The molecule has 0 saturated carbocycles. The van der Waals surface area contributed by atoms with Gasteiger partial charge in [-0.1, -0.05) is 0 Å². The van der Waals surface area contributed by atoms with E-state index in [-0.39, 0.29) is 0 Å². The second kappa shape index (κ2) is 10.9. The van der Waals surface area contributed by atoms with Crippen molar-refractivity contribution < 1.29 is 43.5 Å². The molecule has 15 heavy (non-hydrogen) atoms. The average molecular weight is 358 g/mol. The van der Waals surface area contributed by atoms with Gasteiger partial charge in [0.25, 0.3) is 0 Å². The van der Waals surface area contributed by atoms with Crippen molar-refractivity contribution in [2.24, 2.45) is 0 Å². The number of quaternary nitrogens is 2. The summed E-state index contributed by atoms with van der Waals surface area (Å²) in [4.78, 5) is 0. The largest absolute Gasteiger partial charge is 0.357 e. The van der Waals surface area contributed by atoms with Crippen molar-refractivity contribution in [1.82, 2.24) is 0 Å². The minimum atomic E-state index is -5.38. The zero-order valence-corrected chi connectivity index (χ0v) is 11.6. The van der Waals surface area contributed by atoms with Crippen LogP contribution in [0.2, 0.25) is 0 Å². The van der Waals surface area contributed by atoms with Crippen molar-refractivity contribution in [3.05, 3.63) is 0 Å². The molecule has 0 aliphatic heterocycles. The summed E-state index contributed by atoms with van der Waals surface area (Å²) < 4.78 is 63.9. The first-order valence-corrected chi connectivity index (χ1v) is 9.95. The van der Waals surface area contributed by atoms with Gasteiger partial charge in [-0.05, 0) is 0 Å². The Morgan fingerprint density at radius 1 is 0.867 bits per heavy atom. The van der Waals surface area contributed by atoms with Crippen molar-refractivity contribution in [1.29, 1.82) is 0 Å². The van der Waals surface area contributed by atoms with Crippen LogP contribution in [0, 0.1) is 0 Å². The van der Waals surface area contributed by atoms with E-state index >= 15 is 0 Å². The van der Waals surface area contributed by atoms with Crippen LogP contribution in [-0.2, 0) is 7.48 Å². The molecule has 0 atom stereocenters. The summed E-state index contributed by atoms with van der Waals surface area (Å²) in [5, 5.41) is 0. The van der Waals surface area contributed by atoms with Crippen LogP contribution in [-0.4, -0.2) is 58.5 Å². The molecule has 0 unspecified atom stereocenters. The molecule has 0 saturated heterocycles. The molecule has 0 fully saturated rings. The van der Waals surface area contributed by atoms with Gasteiger partial charge in [-0.3, -0.25) is 0 Å². The number of hydrogen-bond acceptors (Lipinski definition) is 4. The Morgan fingerprint density at radius 2 is 1.00 bits per heavy atom. The van der Waals surface area contributed by atoms with Gasteiger partial charge >= 0.3 is 61.1 Å². The van der Waals surface area contributed by atoms with Gasteiger partial charge in [0.1, 0.15) is 0 Å². The maximum absolute atomic E-state index is 8.83. The van der Waals surface area contributed by atoms with E-state index in [1.807, 2.05) is 0 Å². The van der Waals surface area contributed by atoms with E-state index in [1.165, 1.54) is 6.42 Å². The molecule has 10 N–H and O–H groups in total. The molecule has 0 heterocycles. The van der Waals surface area contributed by atoms with Crippen molar-refractivity contribution in [3.63, 3.8) is 0 Å². The molecule has 0 radical (unpaired) electrons. The van der Waals surface area contributed by atoms with Crippen LogP contribution >= 0.6 is 0 Å². The van der Waals surface area contributed by atoms with Crippen molar-refractivity contribution in [2.45, 2.75) is 6.42 Å². The molecule has 0 amide bonds. The molecule has 0 rings (SSSR count). The van der Waals surface area contributed by atoms with Crippen LogP contribution in [0.4, 0.5) is 0 Å². The third-order valence-electron chi connectivity index (χ3n) is 0.500. The van der Waals surface area contributed by atoms with E-state index in [2.05, 4.69) is 11.5 Å². The van der Waals surface area contributed by atoms with Crippen LogP contribution in [0.5, 0.6) is 0 Å². The fourth-order valence-corrected chi connectivity index (χ4v) is 0.177. The van der Waals surface area contributed by atoms with Gasteiger partial charge < -0.3 is 11.5 Å². The standard InChI is InChI=1S/C3H10N2.2AsH3O4/c4-2-1-3-5;2*2-1(3,4)5/h1-5H2;2*(H3,2,3,4,5). The molecule has 10 nitrogen and oxygen atoms in total. The molecular weight excluding hydrogens is 342 g/mol. The second-order valence-corrected chi connectivity index (χ2v) is 6.16. The molecule has 0 bridgehead atoms. The van der Waals surface area contributed by atoms with E-state index in [0.29, 0.717) is 0 Å². The zero-order chi connectivity index (χ0) is 13.1. The van der Waals surface area contributed by atoms with Crippen LogP contribution < -0.4 is 19.7 Å². The normalized spacial score (nSPS) is 10.7. The van der Waals surface area contributed by atoms with Gasteiger partial charge in [0.2, 0.25) is 0 Å². The SMILES string of the molecule is O=[As]([O-])(O)O.O=[As]([O-])(O)O.[NH3+]CCC[NH3+]. The molecule has 0 aromatic carbocycles. The predicted octanol–water partition coefficient (Wildman–Crippen LogP) is -7.74. The summed E-state index contributed by atoms with van der Waals surface area (Å²) in [6.07, 6.45) is 1.17. The van der Waals surface area contributed by atoms with E-state index < -0.39 is 29.0 Å². The summed E-state index contributed by atoms with van der Waals surface area (Å²) in [6, 6.07) is 0. The maximum Gasteiger partial charge on any atom is 0.0794 e. The summed E-state index contributed by atoms with van der Waals surface area (Å²) in [5.41, 5.74) is 7.27. The number of hydrogen-bond donors (Lipinski definition) is 6. The smallest absolute Gasteiger partial charge is 0.0794 e. The van der Waals surface area contributed by atoms with E-state index in [4.69, 9.17) is 32.1 Å². The first-order chi connectivity index (χ1) is 6.41. The Balaban J connectivity index is -0.000000144. The van der Waals surface area contributed by atoms with E-state index in [0.717, 1.165) is 13.1 Å². The van der Waals surface area contributed by atoms with Crippen molar-refractivity contribution in [2.75, 3.05) is 13.1 Å². The first kappa shape index (κ1) is 20.8. The topological polar surface area (TPSA) is 216 Å². The Labute approximate surface area is 92.2 Å². The van der Waals surface area contributed by atoms with Gasteiger partial charge in [0, 0.05) is 6.42 Å². The maximum atomic E-state index is 8.83. The fourth-order valence-electron chi connectivity index (χ4n) is 0.177. The third kappa shape index (κ3) is 385. The summed E-state index contributed by atoms with van der Waals surface area (Å²) in [7, 11) is 0. The molecular formula is C3H16As2N2O8. The van der Waals surface area contributed by atoms with Crippen LogP contribution in [0.25, 0.3) is 0 Å². The summed E-state index contributed by atoms with van der Waals surface area (Å²) in [5.74, 6) is 0. The first-order valence-electron chi connectivity index (χ1n) is 3.53. The zero-order valence-electron chi connectivity index (χ0n) is 7.85. The Bertz CT molecular complexity index is 171. The third-order valence-corrected chi connectivity index (χ3v) is 0.500. The molecule has 0 spiro atoms. The molecule has 96 valence electrons. The summed E-state index contributed by atoms with van der Waals surface area (Å²) >= 11 is -10.8.